The number of carbonyl (C=O) groups excluding carboxylic acids is 1. The van der Waals surface area contributed by atoms with Crippen LogP contribution >= 0.6 is 0 Å². The van der Waals surface area contributed by atoms with Gasteiger partial charge in [0.1, 0.15) is 0 Å². The Morgan fingerprint density at radius 1 is 1.24 bits per heavy atom. The van der Waals surface area contributed by atoms with Gasteiger partial charge in [-0.15, -0.1) is 0 Å². The van der Waals surface area contributed by atoms with Crippen LogP contribution in [0.2, 0.25) is 0 Å². The number of aromatic nitrogens is 1. The first-order chi connectivity index (χ1) is 10.3. The fourth-order valence-corrected chi connectivity index (χ4v) is 2.13. The molecular formula is C16H18N2O3. The zero-order chi connectivity index (χ0) is 15.1. The highest BCUT2D eigenvalue weighted by atomic mass is 16.5. The number of aliphatic hydroxyl groups is 1. The lowest BCUT2D eigenvalue weighted by Crippen LogP contribution is -2.44. The molecule has 2 aromatic rings. The van der Waals surface area contributed by atoms with Crippen molar-refractivity contribution in [3.05, 3.63) is 60.4 Å². The fraction of sp³-hybridized carbons (Fsp3) is 0.250. The molecule has 1 aromatic carbocycles. The predicted molar refractivity (Wildman–Crippen MR) is 79.8 cm³/mol. The van der Waals surface area contributed by atoms with Gasteiger partial charge in [-0.1, -0.05) is 30.3 Å². The predicted octanol–water partition coefficient (Wildman–Crippen LogP) is 1.62. The number of carbonyl (C=O) groups is 1. The van der Waals surface area contributed by atoms with Gasteiger partial charge >= 0.3 is 5.97 Å². The third-order valence-electron chi connectivity index (χ3n) is 3.21. The van der Waals surface area contributed by atoms with E-state index >= 15 is 0 Å². The highest BCUT2D eigenvalue weighted by molar-refractivity contribution is 5.80. The van der Waals surface area contributed by atoms with Crippen LogP contribution in [0.4, 0.5) is 5.69 Å². The van der Waals surface area contributed by atoms with Crippen LogP contribution in [0.25, 0.3) is 0 Å². The highest BCUT2D eigenvalue weighted by Crippen LogP contribution is 2.20. The van der Waals surface area contributed by atoms with E-state index in [9.17, 15) is 9.90 Å². The Hall–Kier alpha value is -2.40. The third-order valence-corrected chi connectivity index (χ3v) is 3.21. The van der Waals surface area contributed by atoms with Crippen molar-refractivity contribution >= 4 is 11.7 Å². The van der Waals surface area contributed by atoms with E-state index in [0.29, 0.717) is 6.54 Å². The van der Waals surface area contributed by atoms with E-state index in [2.05, 4.69) is 4.98 Å². The molecule has 1 unspecified atom stereocenters. The third kappa shape index (κ3) is 3.79. The van der Waals surface area contributed by atoms with E-state index in [4.69, 9.17) is 4.74 Å². The number of rotatable bonds is 6. The van der Waals surface area contributed by atoms with Gasteiger partial charge in [-0.3, -0.25) is 4.98 Å². The molecule has 0 radical (unpaired) electrons. The summed E-state index contributed by atoms with van der Waals surface area (Å²) in [5, 5.41) is 9.58. The van der Waals surface area contributed by atoms with Crippen LogP contribution in [-0.4, -0.2) is 35.8 Å². The molecule has 0 spiro atoms. The summed E-state index contributed by atoms with van der Waals surface area (Å²) in [7, 11) is 1.32. The average molecular weight is 286 g/mol. The van der Waals surface area contributed by atoms with Crippen LogP contribution in [0.1, 0.15) is 5.56 Å². The SMILES string of the molecule is COC(=O)C(CO)N(Cc1ccccc1)c1ccncc1. The van der Waals surface area contributed by atoms with E-state index in [1.807, 2.05) is 35.2 Å². The van der Waals surface area contributed by atoms with Gasteiger partial charge in [-0.2, -0.15) is 0 Å². The molecule has 2 rings (SSSR count). The second kappa shape index (κ2) is 7.40. The summed E-state index contributed by atoms with van der Waals surface area (Å²) in [6.07, 6.45) is 3.30. The van der Waals surface area contributed by atoms with E-state index in [0.717, 1.165) is 11.3 Å². The number of anilines is 1. The molecule has 0 fully saturated rings. The smallest absolute Gasteiger partial charge is 0.330 e. The zero-order valence-electron chi connectivity index (χ0n) is 11.8. The van der Waals surface area contributed by atoms with Crippen molar-refractivity contribution < 1.29 is 14.6 Å². The number of nitrogens with zero attached hydrogens (tertiary/aromatic N) is 2. The van der Waals surface area contributed by atoms with Gasteiger partial charge in [-0.25, -0.2) is 4.79 Å². The minimum absolute atomic E-state index is 0.318. The van der Waals surface area contributed by atoms with Crippen LogP contribution in [0.3, 0.4) is 0 Å². The van der Waals surface area contributed by atoms with E-state index < -0.39 is 12.0 Å². The lowest BCUT2D eigenvalue weighted by molar-refractivity contribution is -0.143. The normalized spacial score (nSPS) is 11.7. The summed E-state index contributed by atoms with van der Waals surface area (Å²) < 4.78 is 4.79. The lowest BCUT2D eigenvalue weighted by Gasteiger charge is -2.30. The monoisotopic (exact) mass is 286 g/mol. The van der Waals surface area contributed by atoms with Crippen molar-refractivity contribution in [2.45, 2.75) is 12.6 Å². The Labute approximate surface area is 123 Å². The highest BCUT2D eigenvalue weighted by Gasteiger charge is 2.26. The van der Waals surface area contributed by atoms with Gasteiger partial charge in [0.05, 0.1) is 13.7 Å². The number of methoxy groups -OCH3 is 1. The maximum absolute atomic E-state index is 11.9. The number of benzene rings is 1. The molecule has 0 aliphatic heterocycles. The first-order valence-electron chi connectivity index (χ1n) is 6.65. The van der Waals surface area contributed by atoms with Gasteiger partial charge in [-0.05, 0) is 17.7 Å². The number of ether oxygens (including phenoxy) is 1. The Bertz CT molecular complexity index is 560. The van der Waals surface area contributed by atoms with E-state index in [-0.39, 0.29) is 6.61 Å². The van der Waals surface area contributed by atoms with Crippen LogP contribution in [-0.2, 0) is 16.1 Å². The Kier molecular flexibility index (Phi) is 5.29. The molecule has 1 heterocycles. The second-order valence-corrected chi connectivity index (χ2v) is 4.54. The van der Waals surface area contributed by atoms with Crippen molar-refractivity contribution in [2.24, 2.45) is 0 Å². The topological polar surface area (TPSA) is 62.7 Å². The molecule has 110 valence electrons. The maximum atomic E-state index is 11.9. The van der Waals surface area contributed by atoms with Gasteiger partial charge in [0, 0.05) is 24.6 Å². The van der Waals surface area contributed by atoms with Crippen molar-refractivity contribution in [1.82, 2.24) is 4.98 Å². The Morgan fingerprint density at radius 3 is 2.48 bits per heavy atom. The van der Waals surface area contributed by atoms with Gasteiger partial charge < -0.3 is 14.7 Å². The molecule has 0 saturated carbocycles. The quantitative estimate of drug-likeness (QED) is 0.818. The van der Waals surface area contributed by atoms with E-state index in [1.54, 1.807) is 24.5 Å². The van der Waals surface area contributed by atoms with Gasteiger partial charge in [0.15, 0.2) is 6.04 Å². The molecule has 0 aliphatic rings. The minimum Gasteiger partial charge on any atom is -0.467 e. The van der Waals surface area contributed by atoms with Crippen LogP contribution in [0, 0.1) is 0 Å². The summed E-state index contributed by atoms with van der Waals surface area (Å²) in [6, 6.07) is 12.6. The van der Waals surface area contributed by atoms with Crippen LogP contribution < -0.4 is 4.90 Å². The first kappa shape index (κ1) is 15.0. The number of hydrogen-bond donors (Lipinski definition) is 1. The summed E-state index contributed by atoms with van der Waals surface area (Å²) in [4.78, 5) is 17.7. The maximum Gasteiger partial charge on any atom is 0.330 e. The van der Waals surface area contributed by atoms with Crippen LogP contribution in [0.15, 0.2) is 54.9 Å². The summed E-state index contributed by atoms with van der Waals surface area (Å²) in [5.74, 6) is -0.467. The summed E-state index contributed by atoms with van der Waals surface area (Å²) in [5.41, 5.74) is 1.84. The average Bonchev–Trinajstić information content (AvgIpc) is 2.56. The number of aliphatic hydroxyl groups excluding tert-OH is 1. The standard InChI is InChI=1S/C16H18N2O3/c1-21-16(20)15(12-19)18(14-7-9-17-10-8-14)11-13-5-3-2-4-6-13/h2-10,15,19H,11-12H2,1H3. The Morgan fingerprint density at radius 2 is 1.90 bits per heavy atom. The first-order valence-corrected chi connectivity index (χ1v) is 6.65. The molecule has 0 amide bonds. The van der Waals surface area contributed by atoms with Crippen molar-refractivity contribution in [3.8, 4) is 0 Å². The fourth-order valence-electron chi connectivity index (χ4n) is 2.13. The molecule has 1 atom stereocenters. The van der Waals surface area contributed by atoms with Crippen LogP contribution in [0.5, 0.6) is 0 Å². The van der Waals surface area contributed by atoms with E-state index in [1.165, 1.54) is 7.11 Å². The largest absolute Gasteiger partial charge is 0.467 e. The van der Waals surface area contributed by atoms with Crippen molar-refractivity contribution in [1.29, 1.82) is 0 Å². The Balaban J connectivity index is 2.32. The molecule has 1 N–H and O–H groups in total. The molecule has 0 saturated heterocycles. The summed E-state index contributed by atoms with van der Waals surface area (Å²) >= 11 is 0. The molecule has 21 heavy (non-hydrogen) atoms. The zero-order valence-corrected chi connectivity index (χ0v) is 11.8. The molecule has 0 aliphatic carbocycles. The van der Waals surface area contributed by atoms with Crippen molar-refractivity contribution in [3.63, 3.8) is 0 Å². The van der Waals surface area contributed by atoms with Gasteiger partial charge in [0.25, 0.3) is 0 Å². The number of esters is 1. The number of hydrogen-bond acceptors (Lipinski definition) is 5. The van der Waals surface area contributed by atoms with Gasteiger partial charge in [0.2, 0.25) is 0 Å². The number of pyridine rings is 1. The second-order valence-electron chi connectivity index (χ2n) is 4.54. The molecule has 5 nitrogen and oxygen atoms in total. The molecule has 1 aromatic heterocycles. The molecular weight excluding hydrogens is 268 g/mol. The lowest BCUT2D eigenvalue weighted by atomic mass is 10.1. The molecule has 0 bridgehead atoms. The van der Waals surface area contributed by atoms with Crippen molar-refractivity contribution in [2.75, 3.05) is 18.6 Å². The minimum atomic E-state index is -0.752. The summed E-state index contributed by atoms with van der Waals surface area (Å²) in [6.45, 7) is 0.174. The molecule has 5 heteroatoms.